The normalized spacial score (nSPS) is 27.3. The second kappa shape index (κ2) is 2.33. The summed E-state index contributed by atoms with van der Waals surface area (Å²) in [6.07, 6.45) is 0.355. The zero-order chi connectivity index (χ0) is 7.72. The van der Waals surface area contributed by atoms with Crippen molar-refractivity contribution >= 4 is 17.3 Å². The first-order chi connectivity index (χ1) is 4.63. The highest BCUT2D eigenvalue weighted by atomic mass is 16.2. The van der Waals surface area contributed by atoms with Gasteiger partial charge in [-0.3, -0.25) is 14.4 Å². The average molecular weight is 140 g/mol. The first-order valence-corrected chi connectivity index (χ1v) is 3.22. The molecule has 0 spiro atoms. The van der Waals surface area contributed by atoms with E-state index in [2.05, 4.69) is 0 Å². The molecule has 0 N–H and O–H groups in total. The summed E-state index contributed by atoms with van der Waals surface area (Å²) < 4.78 is 0. The SMILES string of the molecule is CC1C(=O)CCC(=O)C1=O. The number of rotatable bonds is 0. The van der Waals surface area contributed by atoms with Crippen LogP contribution in [-0.2, 0) is 14.4 Å². The zero-order valence-corrected chi connectivity index (χ0v) is 5.72. The van der Waals surface area contributed by atoms with Crippen molar-refractivity contribution in [2.45, 2.75) is 19.8 Å². The highest BCUT2D eigenvalue weighted by molar-refractivity contribution is 6.43. The van der Waals surface area contributed by atoms with Gasteiger partial charge in [0.25, 0.3) is 0 Å². The molecule has 3 nitrogen and oxygen atoms in total. The number of Topliss-reactive ketones (excluding diaryl/α,β-unsaturated/α-hetero) is 3. The van der Waals surface area contributed by atoms with Gasteiger partial charge in [-0.05, 0) is 6.92 Å². The van der Waals surface area contributed by atoms with Gasteiger partial charge in [0.2, 0.25) is 5.78 Å². The van der Waals surface area contributed by atoms with Crippen LogP contribution in [-0.4, -0.2) is 17.3 Å². The molecule has 1 aliphatic rings. The molecule has 1 saturated carbocycles. The molecule has 0 bridgehead atoms. The number of carbonyl (C=O) groups excluding carboxylic acids is 3. The van der Waals surface area contributed by atoms with E-state index in [1.54, 1.807) is 0 Å². The van der Waals surface area contributed by atoms with E-state index in [0.717, 1.165) is 0 Å². The van der Waals surface area contributed by atoms with Gasteiger partial charge in [0, 0.05) is 12.8 Å². The van der Waals surface area contributed by atoms with Crippen molar-refractivity contribution in [3.63, 3.8) is 0 Å². The van der Waals surface area contributed by atoms with Gasteiger partial charge >= 0.3 is 0 Å². The number of hydrogen-bond donors (Lipinski definition) is 0. The van der Waals surface area contributed by atoms with Crippen molar-refractivity contribution in [3.8, 4) is 0 Å². The minimum absolute atomic E-state index is 0.107. The maximum atomic E-state index is 10.8. The molecule has 0 aliphatic heterocycles. The van der Waals surface area contributed by atoms with Gasteiger partial charge in [0.1, 0.15) is 5.78 Å². The third kappa shape index (κ3) is 0.988. The molecule has 0 saturated heterocycles. The number of hydrogen-bond acceptors (Lipinski definition) is 3. The van der Waals surface area contributed by atoms with Crippen molar-refractivity contribution in [2.75, 3.05) is 0 Å². The van der Waals surface area contributed by atoms with E-state index in [0.29, 0.717) is 0 Å². The van der Waals surface area contributed by atoms with Gasteiger partial charge in [0.15, 0.2) is 5.78 Å². The van der Waals surface area contributed by atoms with Gasteiger partial charge < -0.3 is 0 Å². The Morgan fingerprint density at radius 3 is 2.30 bits per heavy atom. The molecule has 10 heavy (non-hydrogen) atoms. The molecule has 1 fully saturated rings. The van der Waals surface area contributed by atoms with Crippen LogP contribution in [0.3, 0.4) is 0 Å². The van der Waals surface area contributed by atoms with Crippen LogP contribution in [0.1, 0.15) is 19.8 Å². The predicted molar refractivity (Wildman–Crippen MR) is 33.4 cm³/mol. The number of ketones is 3. The van der Waals surface area contributed by atoms with Crippen LogP contribution in [0.4, 0.5) is 0 Å². The van der Waals surface area contributed by atoms with Gasteiger partial charge in [-0.15, -0.1) is 0 Å². The van der Waals surface area contributed by atoms with E-state index in [-0.39, 0.29) is 18.6 Å². The molecule has 3 heteroatoms. The van der Waals surface area contributed by atoms with E-state index in [9.17, 15) is 14.4 Å². The lowest BCUT2D eigenvalue weighted by Crippen LogP contribution is -2.33. The fourth-order valence-corrected chi connectivity index (χ4v) is 0.964. The Labute approximate surface area is 58.4 Å². The summed E-state index contributed by atoms with van der Waals surface area (Å²) in [4.78, 5) is 32.2. The van der Waals surface area contributed by atoms with E-state index in [1.807, 2.05) is 0 Å². The smallest absolute Gasteiger partial charge is 0.208 e. The molecular weight excluding hydrogens is 132 g/mol. The lowest BCUT2D eigenvalue weighted by molar-refractivity contribution is -0.145. The molecule has 1 rings (SSSR count). The molecule has 1 unspecified atom stereocenters. The quantitative estimate of drug-likeness (QED) is 0.355. The molecule has 1 atom stereocenters. The lowest BCUT2D eigenvalue weighted by atomic mass is 9.87. The molecule has 0 amide bonds. The topological polar surface area (TPSA) is 51.2 Å². The van der Waals surface area contributed by atoms with Crippen LogP contribution in [0.15, 0.2) is 0 Å². The third-order valence-electron chi connectivity index (χ3n) is 1.75. The Morgan fingerprint density at radius 1 is 1.20 bits per heavy atom. The van der Waals surface area contributed by atoms with Gasteiger partial charge in [-0.2, -0.15) is 0 Å². The summed E-state index contributed by atoms with van der Waals surface area (Å²) in [6, 6.07) is 0. The molecule has 0 aromatic carbocycles. The molecular formula is C7H8O3. The molecule has 0 radical (unpaired) electrons. The number of carbonyl (C=O) groups is 3. The van der Waals surface area contributed by atoms with Crippen molar-refractivity contribution in [1.29, 1.82) is 0 Å². The largest absolute Gasteiger partial charge is 0.299 e. The van der Waals surface area contributed by atoms with Crippen LogP contribution in [0.25, 0.3) is 0 Å². The van der Waals surface area contributed by atoms with Crippen LogP contribution < -0.4 is 0 Å². The van der Waals surface area contributed by atoms with Crippen molar-refractivity contribution in [3.05, 3.63) is 0 Å². The molecule has 1 aliphatic carbocycles. The standard InChI is InChI=1S/C7H8O3/c1-4-5(8)2-3-6(9)7(4)10/h4H,2-3H2,1H3. The summed E-state index contributed by atoms with van der Waals surface area (Å²) in [5.41, 5.74) is 0. The lowest BCUT2D eigenvalue weighted by Gasteiger charge is -2.12. The maximum Gasteiger partial charge on any atom is 0.208 e. The minimum Gasteiger partial charge on any atom is -0.299 e. The molecule has 0 aromatic heterocycles. The fourth-order valence-electron chi connectivity index (χ4n) is 0.964. The van der Waals surface area contributed by atoms with E-state index in [4.69, 9.17) is 0 Å². The van der Waals surface area contributed by atoms with E-state index in [1.165, 1.54) is 6.92 Å². The maximum absolute atomic E-state index is 10.8. The Kier molecular flexibility index (Phi) is 1.66. The Balaban J connectivity index is 2.79. The Bertz CT molecular complexity index is 205. The summed E-state index contributed by atoms with van der Waals surface area (Å²) in [5.74, 6) is -1.70. The van der Waals surface area contributed by atoms with Crippen molar-refractivity contribution in [1.82, 2.24) is 0 Å². The van der Waals surface area contributed by atoms with Crippen LogP contribution in [0.2, 0.25) is 0 Å². The highest BCUT2D eigenvalue weighted by Gasteiger charge is 2.31. The van der Waals surface area contributed by atoms with Crippen LogP contribution >= 0.6 is 0 Å². The minimum atomic E-state index is -0.679. The molecule has 0 aromatic rings. The Morgan fingerprint density at radius 2 is 1.80 bits per heavy atom. The third-order valence-corrected chi connectivity index (χ3v) is 1.75. The molecule has 54 valence electrons. The van der Waals surface area contributed by atoms with E-state index < -0.39 is 17.5 Å². The van der Waals surface area contributed by atoms with Crippen molar-refractivity contribution < 1.29 is 14.4 Å². The second-order valence-electron chi connectivity index (χ2n) is 2.48. The fraction of sp³-hybridized carbons (Fsp3) is 0.571. The monoisotopic (exact) mass is 140 g/mol. The van der Waals surface area contributed by atoms with Gasteiger partial charge in [-0.25, -0.2) is 0 Å². The van der Waals surface area contributed by atoms with Crippen molar-refractivity contribution in [2.24, 2.45) is 5.92 Å². The first kappa shape index (κ1) is 7.12. The van der Waals surface area contributed by atoms with Crippen LogP contribution in [0.5, 0.6) is 0 Å². The average Bonchev–Trinajstić information content (AvgIpc) is 1.93. The second-order valence-corrected chi connectivity index (χ2v) is 2.48. The summed E-state index contributed by atoms with van der Waals surface area (Å²) in [5, 5.41) is 0. The summed E-state index contributed by atoms with van der Waals surface area (Å²) in [6.45, 7) is 1.49. The van der Waals surface area contributed by atoms with Gasteiger partial charge in [0.05, 0.1) is 5.92 Å². The molecule has 0 heterocycles. The zero-order valence-electron chi connectivity index (χ0n) is 5.72. The predicted octanol–water partition coefficient (Wildman–Crippen LogP) is 0.124. The van der Waals surface area contributed by atoms with Crippen LogP contribution in [0, 0.1) is 5.92 Å². The Hall–Kier alpha value is -0.990. The van der Waals surface area contributed by atoms with Gasteiger partial charge in [-0.1, -0.05) is 0 Å². The highest BCUT2D eigenvalue weighted by Crippen LogP contribution is 2.13. The first-order valence-electron chi connectivity index (χ1n) is 3.22. The summed E-state index contributed by atoms with van der Waals surface area (Å²) >= 11 is 0. The van der Waals surface area contributed by atoms with E-state index >= 15 is 0 Å². The summed E-state index contributed by atoms with van der Waals surface area (Å²) in [7, 11) is 0.